The van der Waals surface area contributed by atoms with Crippen molar-refractivity contribution in [1.29, 1.82) is 0 Å². The van der Waals surface area contributed by atoms with Crippen LogP contribution in [-0.2, 0) is 18.0 Å². The van der Waals surface area contributed by atoms with Crippen molar-refractivity contribution in [3.05, 3.63) is 78.6 Å². The van der Waals surface area contributed by atoms with Gasteiger partial charge in [0.2, 0.25) is 0 Å². The molecular weight excluding hydrogens is 398 g/mol. The molecule has 0 unspecified atom stereocenters. The smallest absolute Gasteiger partial charge is 0.412 e. The number of rotatable bonds is 8. The van der Waals surface area contributed by atoms with E-state index in [0.29, 0.717) is 23.0 Å². The number of benzene rings is 2. The molecule has 0 fully saturated rings. The van der Waals surface area contributed by atoms with E-state index in [1.807, 2.05) is 36.4 Å². The van der Waals surface area contributed by atoms with Crippen LogP contribution >= 0.6 is 0 Å². The standard InChI is InChI=1S/C22H21N5O4/c1-29-18-4-2-3-15(9-18)13-31-22(28)27-19-6-5-16(17-11-25-26-12-17)10-20(19)30-14-21-23-7-8-24-21/h2-12H,13-14H2,1H3,(H,23,24)(H,25,26)(H,27,28). The van der Waals surface area contributed by atoms with E-state index in [1.165, 1.54) is 0 Å². The lowest BCUT2D eigenvalue weighted by Crippen LogP contribution is -2.14. The fraction of sp³-hybridized carbons (Fsp3) is 0.136. The summed E-state index contributed by atoms with van der Waals surface area (Å²) in [7, 11) is 1.59. The summed E-state index contributed by atoms with van der Waals surface area (Å²) in [6.45, 7) is 0.327. The molecule has 1 amide bonds. The van der Waals surface area contributed by atoms with Crippen molar-refractivity contribution < 1.29 is 19.0 Å². The number of nitrogens with one attached hydrogen (secondary N) is 3. The summed E-state index contributed by atoms with van der Waals surface area (Å²) >= 11 is 0. The third kappa shape index (κ3) is 5.21. The number of ether oxygens (including phenoxy) is 3. The summed E-state index contributed by atoms with van der Waals surface area (Å²) in [4.78, 5) is 19.5. The monoisotopic (exact) mass is 419 g/mol. The number of methoxy groups -OCH3 is 1. The molecule has 3 N–H and O–H groups in total. The molecule has 0 aliphatic heterocycles. The number of nitrogens with zero attached hydrogens (tertiary/aromatic N) is 2. The highest BCUT2D eigenvalue weighted by Crippen LogP contribution is 2.31. The highest BCUT2D eigenvalue weighted by atomic mass is 16.5. The molecule has 0 aliphatic carbocycles. The van der Waals surface area contributed by atoms with Crippen molar-refractivity contribution in [3.63, 3.8) is 0 Å². The molecule has 0 saturated carbocycles. The van der Waals surface area contributed by atoms with Crippen LogP contribution in [-0.4, -0.2) is 33.4 Å². The van der Waals surface area contributed by atoms with Gasteiger partial charge in [-0.2, -0.15) is 5.10 Å². The first-order chi connectivity index (χ1) is 15.2. The number of carbonyl (C=O) groups is 1. The molecule has 4 rings (SSSR count). The number of imidazole rings is 1. The van der Waals surface area contributed by atoms with Gasteiger partial charge in [0.05, 0.1) is 19.0 Å². The van der Waals surface area contributed by atoms with Crippen LogP contribution in [0.3, 0.4) is 0 Å². The highest BCUT2D eigenvalue weighted by molar-refractivity contribution is 5.87. The Bertz CT molecular complexity index is 1130. The van der Waals surface area contributed by atoms with Crippen LogP contribution < -0.4 is 14.8 Å². The molecule has 2 aromatic carbocycles. The number of aromatic nitrogens is 4. The number of hydrogen-bond donors (Lipinski definition) is 3. The summed E-state index contributed by atoms with van der Waals surface area (Å²) in [6, 6.07) is 12.8. The molecule has 0 bridgehead atoms. The van der Waals surface area contributed by atoms with Crippen LogP contribution in [0.1, 0.15) is 11.4 Å². The fourth-order valence-electron chi connectivity index (χ4n) is 2.91. The first kappa shape index (κ1) is 20.0. The summed E-state index contributed by atoms with van der Waals surface area (Å²) in [6.07, 6.45) is 6.26. The minimum atomic E-state index is -0.596. The van der Waals surface area contributed by atoms with E-state index in [4.69, 9.17) is 14.2 Å². The van der Waals surface area contributed by atoms with Gasteiger partial charge in [-0.15, -0.1) is 0 Å². The lowest BCUT2D eigenvalue weighted by molar-refractivity contribution is 0.155. The van der Waals surface area contributed by atoms with Gasteiger partial charge in [0.25, 0.3) is 0 Å². The Balaban J connectivity index is 1.46. The van der Waals surface area contributed by atoms with Crippen LogP contribution in [0, 0.1) is 0 Å². The Morgan fingerprint density at radius 3 is 2.84 bits per heavy atom. The van der Waals surface area contributed by atoms with Crippen molar-refractivity contribution in [2.24, 2.45) is 0 Å². The second kappa shape index (κ2) is 9.49. The van der Waals surface area contributed by atoms with E-state index in [9.17, 15) is 4.79 Å². The first-order valence-corrected chi connectivity index (χ1v) is 9.52. The molecule has 0 radical (unpaired) electrons. The molecule has 4 aromatic rings. The Hall–Kier alpha value is -4.27. The maximum absolute atomic E-state index is 12.4. The lowest BCUT2D eigenvalue weighted by Gasteiger charge is -2.14. The molecule has 2 heterocycles. The van der Waals surface area contributed by atoms with E-state index in [0.717, 1.165) is 16.7 Å². The van der Waals surface area contributed by atoms with Crippen molar-refractivity contribution in [2.45, 2.75) is 13.2 Å². The third-order valence-corrected chi connectivity index (χ3v) is 4.47. The van der Waals surface area contributed by atoms with Crippen LogP contribution in [0.2, 0.25) is 0 Å². The van der Waals surface area contributed by atoms with Gasteiger partial charge >= 0.3 is 6.09 Å². The second-order valence-corrected chi connectivity index (χ2v) is 6.58. The minimum Gasteiger partial charge on any atom is -0.497 e. The highest BCUT2D eigenvalue weighted by Gasteiger charge is 2.12. The molecule has 2 aromatic heterocycles. The Morgan fingerprint density at radius 2 is 2.06 bits per heavy atom. The molecular formula is C22H21N5O4. The molecule has 9 nitrogen and oxygen atoms in total. The lowest BCUT2D eigenvalue weighted by atomic mass is 10.1. The SMILES string of the molecule is COc1cccc(COC(=O)Nc2ccc(-c3cn[nH]c3)cc2OCc2ncc[nH]2)c1. The van der Waals surface area contributed by atoms with Gasteiger partial charge in [0.15, 0.2) is 0 Å². The number of carbonyl (C=O) groups excluding carboxylic acids is 1. The molecule has 31 heavy (non-hydrogen) atoms. The molecule has 0 aliphatic rings. The van der Waals surface area contributed by atoms with Crippen molar-refractivity contribution in [2.75, 3.05) is 12.4 Å². The van der Waals surface area contributed by atoms with Gasteiger partial charge in [-0.3, -0.25) is 10.4 Å². The molecule has 9 heteroatoms. The average Bonchev–Trinajstić information content (AvgIpc) is 3.51. The van der Waals surface area contributed by atoms with Crippen molar-refractivity contribution >= 4 is 11.8 Å². The maximum atomic E-state index is 12.4. The number of hydrogen-bond acceptors (Lipinski definition) is 6. The van der Waals surface area contributed by atoms with Crippen LogP contribution in [0.15, 0.2) is 67.3 Å². The number of anilines is 1. The van der Waals surface area contributed by atoms with E-state index in [-0.39, 0.29) is 13.2 Å². The van der Waals surface area contributed by atoms with Crippen molar-refractivity contribution in [1.82, 2.24) is 20.2 Å². The summed E-state index contributed by atoms with van der Waals surface area (Å²) in [5.41, 5.74) is 3.09. The largest absolute Gasteiger partial charge is 0.497 e. The van der Waals surface area contributed by atoms with Crippen LogP contribution in [0.5, 0.6) is 11.5 Å². The zero-order chi connectivity index (χ0) is 21.5. The minimum absolute atomic E-state index is 0.110. The van der Waals surface area contributed by atoms with E-state index >= 15 is 0 Å². The zero-order valence-electron chi connectivity index (χ0n) is 16.8. The first-order valence-electron chi connectivity index (χ1n) is 9.52. The topological polar surface area (TPSA) is 114 Å². The van der Waals surface area contributed by atoms with Gasteiger partial charge < -0.3 is 19.2 Å². The van der Waals surface area contributed by atoms with Gasteiger partial charge in [-0.1, -0.05) is 18.2 Å². The van der Waals surface area contributed by atoms with Gasteiger partial charge in [0.1, 0.15) is 30.5 Å². The number of aromatic amines is 2. The third-order valence-electron chi connectivity index (χ3n) is 4.47. The van der Waals surface area contributed by atoms with Crippen LogP contribution in [0.4, 0.5) is 10.5 Å². The Kier molecular flexibility index (Phi) is 6.13. The van der Waals surface area contributed by atoms with Gasteiger partial charge in [0, 0.05) is 24.2 Å². The van der Waals surface area contributed by atoms with Crippen molar-refractivity contribution in [3.8, 4) is 22.6 Å². The second-order valence-electron chi connectivity index (χ2n) is 6.58. The summed E-state index contributed by atoms with van der Waals surface area (Å²) in [5, 5.41) is 9.50. The number of H-pyrrole nitrogens is 2. The Morgan fingerprint density at radius 1 is 1.13 bits per heavy atom. The zero-order valence-corrected chi connectivity index (χ0v) is 16.8. The molecule has 0 spiro atoms. The number of amides is 1. The maximum Gasteiger partial charge on any atom is 0.412 e. The predicted octanol–water partition coefficient (Wildman–Crippen LogP) is 4.14. The predicted molar refractivity (Wildman–Crippen MR) is 114 cm³/mol. The summed E-state index contributed by atoms with van der Waals surface area (Å²) in [5.74, 6) is 1.85. The van der Waals surface area contributed by atoms with E-state index < -0.39 is 6.09 Å². The molecule has 0 saturated heterocycles. The summed E-state index contributed by atoms with van der Waals surface area (Å²) < 4.78 is 16.4. The van der Waals surface area contributed by atoms with Gasteiger partial charge in [-0.05, 0) is 35.4 Å². The fourth-order valence-corrected chi connectivity index (χ4v) is 2.91. The van der Waals surface area contributed by atoms with Crippen LogP contribution in [0.25, 0.3) is 11.1 Å². The Labute approximate surface area is 178 Å². The molecule has 0 atom stereocenters. The van der Waals surface area contributed by atoms with Gasteiger partial charge in [-0.25, -0.2) is 9.78 Å². The molecule has 158 valence electrons. The van der Waals surface area contributed by atoms with E-state index in [2.05, 4.69) is 25.5 Å². The quantitative estimate of drug-likeness (QED) is 0.396. The normalized spacial score (nSPS) is 10.5. The van der Waals surface area contributed by atoms with E-state index in [1.54, 1.807) is 38.0 Å². The average molecular weight is 419 g/mol.